The number of nitrogens with one attached hydrogen (secondary N) is 2. The molecule has 1 fully saturated rings. The van der Waals surface area contributed by atoms with Crippen molar-refractivity contribution in [3.8, 4) is 0 Å². The van der Waals surface area contributed by atoms with Gasteiger partial charge in [0.1, 0.15) is 12.1 Å². The van der Waals surface area contributed by atoms with Crippen molar-refractivity contribution in [1.29, 1.82) is 0 Å². The van der Waals surface area contributed by atoms with Gasteiger partial charge in [-0.2, -0.15) is 0 Å². The lowest BCUT2D eigenvalue weighted by atomic mass is 10.0. The van der Waals surface area contributed by atoms with E-state index in [-0.39, 0.29) is 18.2 Å². The van der Waals surface area contributed by atoms with Gasteiger partial charge in [0.05, 0.1) is 6.04 Å². The third-order valence-corrected chi connectivity index (χ3v) is 5.56. The molecule has 0 spiro atoms. The number of nitrogens with zero attached hydrogens (tertiary/aromatic N) is 1. The Morgan fingerprint density at radius 1 is 1.31 bits per heavy atom. The van der Waals surface area contributed by atoms with E-state index in [0.29, 0.717) is 19.4 Å². The maximum atomic E-state index is 13.2. The molecule has 1 aliphatic rings. The van der Waals surface area contributed by atoms with E-state index < -0.39 is 30.0 Å². The molecule has 0 saturated carbocycles. The SMILES string of the molecule is CC(C)[C@H](N)C(=O)N[C@@H](Cc1c[nH]c2ccccc12)C(=O)N1CCC[C@H]1C(=O)O. The van der Waals surface area contributed by atoms with Crippen LogP contribution < -0.4 is 11.1 Å². The highest BCUT2D eigenvalue weighted by Gasteiger charge is 2.38. The fraction of sp³-hybridized carbons (Fsp3) is 0.476. The third-order valence-electron chi connectivity index (χ3n) is 5.56. The van der Waals surface area contributed by atoms with Crippen LogP contribution in [0.3, 0.4) is 0 Å². The lowest BCUT2D eigenvalue weighted by Gasteiger charge is -2.28. The molecule has 3 atom stereocenters. The van der Waals surface area contributed by atoms with Crippen LogP contribution in [0.4, 0.5) is 0 Å². The van der Waals surface area contributed by atoms with Gasteiger partial charge in [0.2, 0.25) is 11.8 Å². The number of nitrogens with two attached hydrogens (primary N) is 1. The van der Waals surface area contributed by atoms with E-state index >= 15 is 0 Å². The monoisotopic (exact) mass is 400 g/mol. The van der Waals surface area contributed by atoms with Gasteiger partial charge in [-0.3, -0.25) is 9.59 Å². The van der Waals surface area contributed by atoms with Crippen molar-refractivity contribution in [2.75, 3.05) is 6.54 Å². The van der Waals surface area contributed by atoms with E-state index in [9.17, 15) is 19.5 Å². The van der Waals surface area contributed by atoms with Gasteiger partial charge in [0.25, 0.3) is 0 Å². The van der Waals surface area contributed by atoms with Crippen LogP contribution in [0.25, 0.3) is 10.9 Å². The number of amides is 2. The number of hydrogen-bond donors (Lipinski definition) is 4. The Labute approximate surface area is 169 Å². The standard InChI is InChI=1S/C21H28N4O4/c1-12(2)18(22)19(26)24-16(20(27)25-9-5-8-17(25)21(28)29)10-13-11-23-15-7-4-3-6-14(13)15/h3-4,6-7,11-12,16-18,23H,5,8-10,22H2,1-2H3,(H,24,26)(H,28,29)/t16-,17-,18-/m0/s1. The first-order valence-corrected chi connectivity index (χ1v) is 9.93. The summed E-state index contributed by atoms with van der Waals surface area (Å²) in [5.74, 6) is -1.90. The molecule has 8 nitrogen and oxygen atoms in total. The Hall–Kier alpha value is -2.87. The number of likely N-dealkylation sites (tertiary alicyclic amines) is 1. The molecule has 0 aliphatic carbocycles. The van der Waals surface area contributed by atoms with Crippen LogP contribution in [-0.2, 0) is 20.8 Å². The van der Waals surface area contributed by atoms with Crippen molar-refractivity contribution in [2.24, 2.45) is 11.7 Å². The second-order valence-electron chi connectivity index (χ2n) is 7.92. The molecule has 29 heavy (non-hydrogen) atoms. The van der Waals surface area contributed by atoms with Gasteiger partial charge < -0.3 is 26.0 Å². The van der Waals surface area contributed by atoms with E-state index in [0.717, 1.165) is 16.5 Å². The number of carbonyl (C=O) groups is 3. The second kappa shape index (κ2) is 8.65. The molecule has 1 aliphatic heterocycles. The summed E-state index contributed by atoms with van der Waals surface area (Å²) in [6, 6.07) is 5.21. The highest BCUT2D eigenvalue weighted by atomic mass is 16.4. The summed E-state index contributed by atoms with van der Waals surface area (Å²) in [6.45, 7) is 4.04. The summed E-state index contributed by atoms with van der Waals surface area (Å²) in [4.78, 5) is 41.9. The first kappa shape index (κ1) is 20.9. The van der Waals surface area contributed by atoms with Crippen molar-refractivity contribution < 1.29 is 19.5 Å². The summed E-state index contributed by atoms with van der Waals surface area (Å²) in [6.07, 6.45) is 3.11. The molecule has 2 aromatic rings. The zero-order valence-corrected chi connectivity index (χ0v) is 16.7. The Kier molecular flexibility index (Phi) is 6.22. The lowest BCUT2D eigenvalue weighted by Crippen LogP contribution is -2.56. The minimum Gasteiger partial charge on any atom is -0.480 e. The van der Waals surface area contributed by atoms with Gasteiger partial charge >= 0.3 is 5.97 Å². The summed E-state index contributed by atoms with van der Waals surface area (Å²) < 4.78 is 0. The van der Waals surface area contributed by atoms with E-state index in [2.05, 4.69) is 10.3 Å². The molecule has 2 heterocycles. The van der Waals surface area contributed by atoms with Gasteiger partial charge in [-0.25, -0.2) is 4.79 Å². The maximum Gasteiger partial charge on any atom is 0.326 e. The fourth-order valence-corrected chi connectivity index (χ4v) is 3.78. The zero-order chi connectivity index (χ0) is 21.1. The maximum absolute atomic E-state index is 13.2. The predicted molar refractivity (Wildman–Crippen MR) is 109 cm³/mol. The minimum absolute atomic E-state index is 0.0857. The predicted octanol–water partition coefficient (Wildman–Crippen LogP) is 1.25. The molecule has 8 heteroatoms. The number of aromatic amines is 1. The van der Waals surface area contributed by atoms with Gasteiger partial charge in [-0.1, -0.05) is 32.0 Å². The van der Waals surface area contributed by atoms with Crippen LogP contribution in [0.2, 0.25) is 0 Å². The van der Waals surface area contributed by atoms with E-state index in [4.69, 9.17) is 5.73 Å². The van der Waals surface area contributed by atoms with E-state index in [1.807, 2.05) is 44.3 Å². The largest absolute Gasteiger partial charge is 0.480 e. The van der Waals surface area contributed by atoms with Gasteiger partial charge in [0, 0.05) is 30.1 Å². The summed E-state index contributed by atoms with van der Waals surface area (Å²) in [7, 11) is 0. The molecular weight excluding hydrogens is 372 g/mol. The Balaban J connectivity index is 1.87. The Morgan fingerprint density at radius 3 is 2.72 bits per heavy atom. The number of rotatable bonds is 7. The van der Waals surface area contributed by atoms with Crippen molar-refractivity contribution in [3.05, 3.63) is 36.0 Å². The summed E-state index contributed by atoms with van der Waals surface area (Å²) in [5.41, 5.74) is 7.78. The topological polar surface area (TPSA) is 129 Å². The minimum atomic E-state index is -1.02. The molecule has 1 aromatic carbocycles. The van der Waals surface area contributed by atoms with Crippen LogP contribution in [0.5, 0.6) is 0 Å². The smallest absolute Gasteiger partial charge is 0.326 e. The number of H-pyrrole nitrogens is 1. The number of carboxylic acid groups (broad SMARTS) is 1. The highest BCUT2D eigenvalue weighted by Crippen LogP contribution is 2.23. The molecule has 5 N–H and O–H groups in total. The quantitative estimate of drug-likeness (QED) is 0.556. The van der Waals surface area contributed by atoms with Gasteiger partial charge in [-0.15, -0.1) is 0 Å². The third kappa shape index (κ3) is 4.42. The van der Waals surface area contributed by atoms with Crippen LogP contribution in [0, 0.1) is 5.92 Å². The van der Waals surface area contributed by atoms with E-state index in [1.54, 1.807) is 0 Å². The molecule has 0 bridgehead atoms. The Morgan fingerprint density at radius 2 is 2.03 bits per heavy atom. The van der Waals surface area contributed by atoms with Crippen molar-refractivity contribution >= 4 is 28.7 Å². The number of fused-ring (bicyclic) bond motifs is 1. The first-order valence-electron chi connectivity index (χ1n) is 9.93. The highest BCUT2D eigenvalue weighted by molar-refractivity contribution is 5.93. The van der Waals surface area contributed by atoms with Crippen LogP contribution in [0.15, 0.2) is 30.5 Å². The van der Waals surface area contributed by atoms with Gasteiger partial charge in [-0.05, 0) is 30.4 Å². The normalized spacial score (nSPS) is 18.8. The molecule has 2 amide bonds. The number of aromatic nitrogens is 1. The summed E-state index contributed by atoms with van der Waals surface area (Å²) >= 11 is 0. The number of carboxylic acids is 1. The number of hydrogen-bond acceptors (Lipinski definition) is 4. The zero-order valence-electron chi connectivity index (χ0n) is 16.7. The second-order valence-corrected chi connectivity index (χ2v) is 7.92. The summed E-state index contributed by atoms with van der Waals surface area (Å²) in [5, 5.41) is 13.2. The van der Waals surface area contributed by atoms with Crippen LogP contribution in [-0.4, -0.2) is 57.4 Å². The number of aliphatic carboxylic acids is 1. The van der Waals surface area contributed by atoms with Crippen molar-refractivity contribution in [1.82, 2.24) is 15.2 Å². The van der Waals surface area contributed by atoms with E-state index in [1.165, 1.54) is 4.90 Å². The molecule has 0 unspecified atom stereocenters. The molecular formula is C21H28N4O4. The van der Waals surface area contributed by atoms with Crippen LogP contribution >= 0.6 is 0 Å². The number of carbonyl (C=O) groups excluding carboxylic acids is 2. The van der Waals surface area contributed by atoms with Crippen molar-refractivity contribution in [3.63, 3.8) is 0 Å². The Bertz CT molecular complexity index is 907. The molecule has 3 rings (SSSR count). The number of benzene rings is 1. The van der Waals surface area contributed by atoms with Crippen molar-refractivity contribution in [2.45, 2.75) is 51.2 Å². The van der Waals surface area contributed by atoms with Gasteiger partial charge in [0.15, 0.2) is 0 Å². The molecule has 1 aromatic heterocycles. The fourth-order valence-electron chi connectivity index (χ4n) is 3.78. The average molecular weight is 400 g/mol. The van der Waals surface area contributed by atoms with Crippen LogP contribution in [0.1, 0.15) is 32.3 Å². The lowest BCUT2D eigenvalue weighted by molar-refractivity contribution is -0.149. The first-order chi connectivity index (χ1) is 13.8. The number of para-hydroxylation sites is 1. The molecule has 156 valence electrons. The molecule has 1 saturated heterocycles. The average Bonchev–Trinajstić information content (AvgIpc) is 3.33. The molecule has 0 radical (unpaired) electrons.